The van der Waals surface area contributed by atoms with Crippen molar-refractivity contribution in [3.05, 3.63) is 24.0 Å². The summed E-state index contributed by atoms with van der Waals surface area (Å²) in [4.78, 5) is 6.58. The van der Waals surface area contributed by atoms with Crippen LogP contribution in [0.25, 0.3) is 0 Å². The molecular formula is C12H19N3. The second-order valence-corrected chi connectivity index (χ2v) is 4.24. The molecule has 1 aromatic heterocycles. The molecule has 1 aliphatic heterocycles. The van der Waals surface area contributed by atoms with Crippen molar-refractivity contribution in [2.24, 2.45) is 5.73 Å². The highest BCUT2D eigenvalue weighted by Gasteiger charge is 2.22. The van der Waals surface area contributed by atoms with Crippen molar-refractivity contribution in [3.8, 4) is 0 Å². The van der Waals surface area contributed by atoms with E-state index in [9.17, 15) is 0 Å². The summed E-state index contributed by atoms with van der Waals surface area (Å²) in [5, 5.41) is 0. The van der Waals surface area contributed by atoms with Crippen LogP contribution in [0.1, 0.15) is 24.8 Å². The van der Waals surface area contributed by atoms with Crippen molar-refractivity contribution >= 4 is 5.69 Å². The molecule has 1 unspecified atom stereocenters. The van der Waals surface area contributed by atoms with Crippen molar-refractivity contribution < 1.29 is 0 Å². The lowest BCUT2D eigenvalue weighted by Gasteiger charge is -2.37. The number of piperidine rings is 1. The molecule has 82 valence electrons. The van der Waals surface area contributed by atoms with Gasteiger partial charge in [0.1, 0.15) is 0 Å². The molecule has 2 N–H and O–H groups in total. The van der Waals surface area contributed by atoms with Crippen LogP contribution in [0.2, 0.25) is 0 Å². The molecule has 2 heterocycles. The molecule has 0 saturated carbocycles. The summed E-state index contributed by atoms with van der Waals surface area (Å²) in [5.41, 5.74) is 8.38. The van der Waals surface area contributed by atoms with Gasteiger partial charge in [0.15, 0.2) is 0 Å². The van der Waals surface area contributed by atoms with Gasteiger partial charge >= 0.3 is 0 Å². The van der Waals surface area contributed by atoms with Gasteiger partial charge in [0, 0.05) is 37.2 Å². The topological polar surface area (TPSA) is 42.2 Å². The molecule has 0 aromatic carbocycles. The van der Waals surface area contributed by atoms with Crippen LogP contribution >= 0.6 is 0 Å². The Morgan fingerprint density at radius 1 is 1.53 bits per heavy atom. The SMILES string of the molecule is Cc1cnccc1N1CCCCC1CN. The minimum atomic E-state index is 0.514. The first-order chi connectivity index (χ1) is 7.33. The van der Waals surface area contributed by atoms with Crippen molar-refractivity contribution in [2.75, 3.05) is 18.0 Å². The Hall–Kier alpha value is -1.09. The van der Waals surface area contributed by atoms with Crippen LogP contribution < -0.4 is 10.6 Å². The van der Waals surface area contributed by atoms with Gasteiger partial charge in [-0.1, -0.05) is 0 Å². The van der Waals surface area contributed by atoms with Crippen molar-refractivity contribution in [3.63, 3.8) is 0 Å². The summed E-state index contributed by atoms with van der Waals surface area (Å²) in [6.07, 6.45) is 7.60. The maximum Gasteiger partial charge on any atom is 0.0429 e. The van der Waals surface area contributed by atoms with Gasteiger partial charge in [0.05, 0.1) is 0 Å². The third-order valence-corrected chi connectivity index (χ3v) is 3.20. The lowest BCUT2D eigenvalue weighted by molar-refractivity contribution is 0.464. The number of pyridine rings is 1. The minimum Gasteiger partial charge on any atom is -0.367 e. The zero-order valence-corrected chi connectivity index (χ0v) is 9.32. The first kappa shape index (κ1) is 10.4. The maximum atomic E-state index is 5.82. The summed E-state index contributed by atoms with van der Waals surface area (Å²) >= 11 is 0. The summed E-state index contributed by atoms with van der Waals surface area (Å²) in [5.74, 6) is 0. The average Bonchev–Trinajstić information content (AvgIpc) is 2.30. The van der Waals surface area contributed by atoms with Gasteiger partial charge in [-0.15, -0.1) is 0 Å². The molecule has 0 radical (unpaired) electrons. The van der Waals surface area contributed by atoms with E-state index in [1.807, 2.05) is 12.4 Å². The molecule has 0 bridgehead atoms. The monoisotopic (exact) mass is 205 g/mol. The fourth-order valence-corrected chi connectivity index (χ4v) is 2.35. The second-order valence-electron chi connectivity index (χ2n) is 4.24. The number of aromatic nitrogens is 1. The average molecular weight is 205 g/mol. The lowest BCUT2D eigenvalue weighted by Crippen LogP contribution is -2.44. The molecule has 2 rings (SSSR count). The van der Waals surface area contributed by atoms with E-state index in [2.05, 4.69) is 22.9 Å². The largest absolute Gasteiger partial charge is 0.367 e. The van der Waals surface area contributed by atoms with Crippen LogP contribution in [0, 0.1) is 6.92 Å². The molecular weight excluding hydrogens is 186 g/mol. The molecule has 1 aromatic rings. The molecule has 0 amide bonds. The predicted molar refractivity (Wildman–Crippen MR) is 63.0 cm³/mol. The molecule has 0 spiro atoms. The summed E-state index contributed by atoms with van der Waals surface area (Å²) in [6.45, 7) is 4.00. The fraction of sp³-hybridized carbons (Fsp3) is 0.583. The van der Waals surface area contributed by atoms with E-state index >= 15 is 0 Å². The molecule has 1 saturated heterocycles. The Morgan fingerprint density at radius 3 is 3.13 bits per heavy atom. The van der Waals surface area contributed by atoms with Gasteiger partial charge in [0.2, 0.25) is 0 Å². The fourth-order valence-electron chi connectivity index (χ4n) is 2.35. The molecule has 15 heavy (non-hydrogen) atoms. The number of aryl methyl sites for hydroxylation is 1. The van der Waals surface area contributed by atoms with E-state index in [0.29, 0.717) is 6.04 Å². The number of anilines is 1. The van der Waals surface area contributed by atoms with E-state index in [4.69, 9.17) is 5.73 Å². The molecule has 1 fully saturated rings. The first-order valence-electron chi connectivity index (χ1n) is 5.70. The molecule has 1 atom stereocenters. The number of rotatable bonds is 2. The normalized spacial score (nSPS) is 21.7. The van der Waals surface area contributed by atoms with Gasteiger partial charge in [-0.2, -0.15) is 0 Å². The summed E-state index contributed by atoms with van der Waals surface area (Å²) in [6, 6.07) is 2.61. The second kappa shape index (κ2) is 4.62. The third-order valence-electron chi connectivity index (χ3n) is 3.20. The van der Waals surface area contributed by atoms with Gasteiger partial charge in [0.25, 0.3) is 0 Å². The highest BCUT2D eigenvalue weighted by Crippen LogP contribution is 2.26. The van der Waals surface area contributed by atoms with Gasteiger partial charge < -0.3 is 10.6 Å². The van der Waals surface area contributed by atoms with E-state index in [0.717, 1.165) is 13.1 Å². The van der Waals surface area contributed by atoms with Crippen LogP contribution in [0.15, 0.2) is 18.5 Å². The zero-order valence-electron chi connectivity index (χ0n) is 9.32. The Kier molecular flexibility index (Phi) is 3.21. The van der Waals surface area contributed by atoms with Crippen LogP contribution in [0.5, 0.6) is 0 Å². The summed E-state index contributed by atoms with van der Waals surface area (Å²) < 4.78 is 0. The standard InChI is InChI=1S/C12H19N3/c1-10-9-14-6-5-12(10)15-7-3-2-4-11(15)8-13/h5-6,9,11H,2-4,7-8,13H2,1H3. The molecule has 0 aliphatic carbocycles. The lowest BCUT2D eigenvalue weighted by atomic mass is 10.0. The maximum absolute atomic E-state index is 5.82. The third kappa shape index (κ3) is 2.12. The highest BCUT2D eigenvalue weighted by molar-refractivity contribution is 5.52. The molecule has 1 aliphatic rings. The zero-order chi connectivity index (χ0) is 10.7. The van der Waals surface area contributed by atoms with Gasteiger partial charge in [-0.25, -0.2) is 0 Å². The Morgan fingerprint density at radius 2 is 2.40 bits per heavy atom. The van der Waals surface area contributed by atoms with E-state index in [1.54, 1.807) is 0 Å². The van der Waals surface area contributed by atoms with Gasteiger partial charge in [-0.05, 0) is 37.8 Å². The number of nitrogens with zero attached hydrogens (tertiary/aromatic N) is 2. The highest BCUT2D eigenvalue weighted by atomic mass is 15.2. The quantitative estimate of drug-likeness (QED) is 0.799. The van der Waals surface area contributed by atoms with E-state index in [1.165, 1.54) is 30.5 Å². The van der Waals surface area contributed by atoms with Crippen LogP contribution in [0.4, 0.5) is 5.69 Å². The first-order valence-corrected chi connectivity index (χ1v) is 5.70. The molecule has 3 nitrogen and oxygen atoms in total. The molecule has 3 heteroatoms. The predicted octanol–water partition coefficient (Wildman–Crippen LogP) is 1.71. The Labute approximate surface area is 91.3 Å². The van der Waals surface area contributed by atoms with E-state index in [-0.39, 0.29) is 0 Å². The number of hydrogen-bond donors (Lipinski definition) is 1. The van der Waals surface area contributed by atoms with Crippen LogP contribution in [-0.2, 0) is 0 Å². The number of hydrogen-bond acceptors (Lipinski definition) is 3. The Balaban J connectivity index is 2.24. The summed E-state index contributed by atoms with van der Waals surface area (Å²) in [7, 11) is 0. The van der Waals surface area contributed by atoms with Crippen molar-refractivity contribution in [1.29, 1.82) is 0 Å². The smallest absolute Gasteiger partial charge is 0.0429 e. The van der Waals surface area contributed by atoms with Crippen LogP contribution in [0.3, 0.4) is 0 Å². The minimum absolute atomic E-state index is 0.514. The number of nitrogens with two attached hydrogens (primary N) is 1. The van der Waals surface area contributed by atoms with Crippen molar-refractivity contribution in [1.82, 2.24) is 4.98 Å². The van der Waals surface area contributed by atoms with Gasteiger partial charge in [-0.3, -0.25) is 4.98 Å². The Bertz CT molecular complexity index is 324. The van der Waals surface area contributed by atoms with Crippen LogP contribution in [-0.4, -0.2) is 24.1 Å². The van der Waals surface area contributed by atoms with E-state index < -0.39 is 0 Å². The van der Waals surface area contributed by atoms with Crippen molar-refractivity contribution in [2.45, 2.75) is 32.2 Å².